The van der Waals surface area contributed by atoms with E-state index in [1.807, 2.05) is 60.7 Å². The zero-order valence-corrected chi connectivity index (χ0v) is 18.0. The van der Waals surface area contributed by atoms with Crippen molar-refractivity contribution >= 4 is 17.8 Å². The third-order valence-electron chi connectivity index (χ3n) is 5.49. The van der Waals surface area contributed by atoms with Gasteiger partial charge in [-0.2, -0.15) is 0 Å². The second-order valence-electron chi connectivity index (χ2n) is 7.55. The number of hydrogen-bond acceptors (Lipinski definition) is 5. The monoisotopic (exact) mass is 441 g/mol. The normalized spacial score (nSPS) is 13.9. The van der Waals surface area contributed by atoms with Crippen LogP contribution in [0.2, 0.25) is 0 Å². The molecule has 0 aliphatic carbocycles. The van der Waals surface area contributed by atoms with Gasteiger partial charge in [0.2, 0.25) is 0 Å². The minimum atomic E-state index is -0.944. The number of amides is 2. The first-order chi connectivity index (χ1) is 16.1. The quantitative estimate of drug-likeness (QED) is 0.386. The summed E-state index contributed by atoms with van der Waals surface area (Å²) in [6, 6.07) is 26.4. The van der Waals surface area contributed by atoms with Crippen molar-refractivity contribution < 1.29 is 24.0 Å². The molecule has 1 aliphatic heterocycles. The van der Waals surface area contributed by atoms with Crippen LogP contribution >= 0.6 is 0 Å². The van der Waals surface area contributed by atoms with Crippen LogP contribution in [0.3, 0.4) is 0 Å². The third kappa shape index (κ3) is 4.43. The van der Waals surface area contributed by atoms with Crippen LogP contribution in [0, 0.1) is 13.3 Å². The summed E-state index contributed by atoms with van der Waals surface area (Å²) in [6.07, 6.45) is 1.78. The molecule has 1 aliphatic rings. The Morgan fingerprint density at radius 1 is 0.818 bits per heavy atom. The van der Waals surface area contributed by atoms with Crippen LogP contribution in [-0.4, -0.2) is 29.5 Å². The summed E-state index contributed by atoms with van der Waals surface area (Å²) in [7, 11) is 0. The van der Waals surface area contributed by atoms with Crippen LogP contribution in [0.25, 0.3) is 0 Å². The van der Waals surface area contributed by atoms with Crippen LogP contribution in [0.5, 0.6) is 0 Å². The smallest absolute Gasteiger partial charge is 0.361 e. The van der Waals surface area contributed by atoms with E-state index in [1.54, 1.807) is 30.7 Å². The molecule has 3 aromatic rings. The number of ether oxygens (including phenoxy) is 1. The van der Waals surface area contributed by atoms with E-state index in [0.29, 0.717) is 11.7 Å². The van der Waals surface area contributed by atoms with Crippen LogP contribution < -0.4 is 0 Å². The number of carbonyl (C=O) groups is 3. The molecule has 1 saturated heterocycles. The summed E-state index contributed by atoms with van der Waals surface area (Å²) >= 11 is 0. The molecule has 0 saturated carbocycles. The predicted octanol–water partition coefficient (Wildman–Crippen LogP) is 4.25. The molecule has 6 nitrogen and oxygen atoms in total. The molecular weight excluding hydrogens is 418 g/mol. The van der Waals surface area contributed by atoms with Gasteiger partial charge in [-0.1, -0.05) is 72.8 Å². The SMILES string of the molecule is [CH2][CH]COC(c1ccccc1)(c1ccccc1)c1ccc(C(=O)ON2C(=O)CCC2=O)cc1. The minimum Gasteiger partial charge on any atom is -0.361 e. The molecule has 0 atom stereocenters. The number of nitrogens with zero attached hydrogens (tertiary/aromatic N) is 1. The van der Waals surface area contributed by atoms with Gasteiger partial charge in [0.15, 0.2) is 0 Å². The van der Waals surface area contributed by atoms with E-state index in [-0.39, 0.29) is 18.4 Å². The molecule has 2 amide bonds. The van der Waals surface area contributed by atoms with Crippen molar-refractivity contribution in [3.05, 3.63) is 121 Å². The number of benzene rings is 3. The molecule has 4 rings (SSSR count). The zero-order valence-electron chi connectivity index (χ0n) is 18.0. The van der Waals surface area contributed by atoms with Gasteiger partial charge < -0.3 is 9.57 Å². The van der Waals surface area contributed by atoms with E-state index in [1.165, 1.54) is 0 Å². The number of carbonyl (C=O) groups excluding carboxylic acids is 3. The Bertz CT molecular complexity index is 1070. The molecular formula is C27H23NO5. The lowest BCUT2D eigenvalue weighted by molar-refractivity contribution is -0.172. The van der Waals surface area contributed by atoms with Crippen molar-refractivity contribution in [3.63, 3.8) is 0 Å². The van der Waals surface area contributed by atoms with Gasteiger partial charge in [-0.15, -0.1) is 5.06 Å². The Kier molecular flexibility index (Phi) is 6.66. The Morgan fingerprint density at radius 3 is 1.79 bits per heavy atom. The van der Waals surface area contributed by atoms with Gasteiger partial charge in [0.25, 0.3) is 11.8 Å². The zero-order chi connectivity index (χ0) is 23.3. The molecule has 166 valence electrons. The van der Waals surface area contributed by atoms with Gasteiger partial charge in [-0.05, 0) is 42.2 Å². The van der Waals surface area contributed by atoms with E-state index in [0.717, 1.165) is 16.7 Å². The van der Waals surface area contributed by atoms with Crippen molar-refractivity contribution in [2.75, 3.05) is 6.61 Å². The van der Waals surface area contributed by atoms with Gasteiger partial charge in [-0.3, -0.25) is 9.59 Å². The van der Waals surface area contributed by atoms with Crippen molar-refractivity contribution in [3.8, 4) is 0 Å². The average Bonchev–Trinajstić information content (AvgIpc) is 3.18. The number of hydroxylamine groups is 2. The molecule has 33 heavy (non-hydrogen) atoms. The first-order valence-electron chi connectivity index (χ1n) is 10.6. The van der Waals surface area contributed by atoms with E-state index in [2.05, 4.69) is 6.92 Å². The third-order valence-corrected chi connectivity index (χ3v) is 5.49. The lowest BCUT2D eigenvalue weighted by atomic mass is 9.80. The Hall–Kier alpha value is -3.77. The second-order valence-corrected chi connectivity index (χ2v) is 7.55. The van der Waals surface area contributed by atoms with Gasteiger partial charge in [-0.25, -0.2) is 4.79 Å². The molecule has 1 fully saturated rings. The maximum atomic E-state index is 12.6. The molecule has 0 N–H and O–H groups in total. The lowest BCUT2D eigenvalue weighted by Crippen LogP contribution is -2.34. The number of rotatable bonds is 8. The fourth-order valence-electron chi connectivity index (χ4n) is 3.91. The van der Waals surface area contributed by atoms with E-state index >= 15 is 0 Å². The Labute approximate surface area is 192 Å². The van der Waals surface area contributed by atoms with Gasteiger partial charge in [0.05, 0.1) is 12.2 Å². The highest BCUT2D eigenvalue weighted by Crippen LogP contribution is 2.40. The highest BCUT2D eigenvalue weighted by atomic mass is 16.7. The van der Waals surface area contributed by atoms with Crippen LogP contribution in [-0.2, 0) is 24.8 Å². The predicted molar refractivity (Wildman–Crippen MR) is 121 cm³/mol. The summed E-state index contributed by atoms with van der Waals surface area (Å²) in [5.41, 5.74) is 1.90. The molecule has 2 radical (unpaired) electrons. The standard InChI is InChI=1S/C27H23NO5/c1-2-19-32-27(21-9-5-3-6-10-21,22-11-7-4-8-12-22)23-15-13-20(14-16-23)26(31)33-28-24(29)17-18-25(28)30/h2-16H,1,17-19H2. The summed E-state index contributed by atoms with van der Waals surface area (Å²) in [4.78, 5) is 41.1. The average molecular weight is 441 g/mol. The summed E-state index contributed by atoms with van der Waals surface area (Å²) in [5.74, 6) is -1.81. The minimum absolute atomic E-state index is 0.0440. The summed E-state index contributed by atoms with van der Waals surface area (Å²) in [6.45, 7) is 4.10. The topological polar surface area (TPSA) is 72.9 Å². The molecule has 0 unspecified atom stereocenters. The highest BCUT2D eigenvalue weighted by molar-refractivity contribution is 6.02. The summed E-state index contributed by atoms with van der Waals surface area (Å²) in [5, 5.41) is 0.543. The van der Waals surface area contributed by atoms with Crippen molar-refractivity contribution in [2.45, 2.75) is 18.4 Å². The van der Waals surface area contributed by atoms with Crippen molar-refractivity contribution in [1.29, 1.82) is 0 Å². The van der Waals surface area contributed by atoms with Gasteiger partial charge >= 0.3 is 5.97 Å². The second kappa shape index (κ2) is 9.79. The fraction of sp³-hybridized carbons (Fsp3) is 0.148. The van der Waals surface area contributed by atoms with E-state index in [9.17, 15) is 14.4 Å². The molecule has 0 spiro atoms. The Balaban J connectivity index is 1.73. The number of imide groups is 1. The molecule has 0 bridgehead atoms. The van der Waals surface area contributed by atoms with Crippen LogP contribution in [0.4, 0.5) is 0 Å². The first-order valence-corrected chi connectivity index (χ1v) is 10.6. The Morgan fingerprint density at radius 2 is 1.30 bits per heavy atom. The lowest BCUT2D eigenvalue weighted by Gasteiger charge is -2.36. The molecule has 6 heteroatoms. The number of hydrogen-bond donors (Lipinski definition) is 0. The maximum Gasteiger partial charge on any atom is 0.363 e. The summed E-state index contributed by atoms with van der Waals surface area (Å²) < 4.78 is 6.44. The molecule has 1 heterocycles. The van der Waals surface area contributed by atoms with Crippen molar-refractivity contribution in [2.24, 2.45) is 0 Å². The van der Waals surface area contributed by atoms with Gasteiger partial charge in [0.1, 0.15) is 5.60 Å². The largest absolute Gasteiger partial charge is 0.363 e. The van der Waals surface area contributed by atoms with E-state index < -0.39 is 23.4 Å². The molecule has 3 aromatic carbocycles. The van der Waals surface area contributed by atoms with E-state index in [4.69, 9.17) is 9.57 Å². The highest BCUT2D eigenvalue weighted by Gasteiger charge is 2.38. The maximum absolute atomic E-state index is 12.6. The van der Waals surface area contributed by atoms with Gasteiger partial charge in [0, 0.05) is 12.8 Å². The fourth-order valence-corrected chi connectivity index (χ4v) is 3.91. The van der Waals surface area contributed by atoms with Crippen LogP contribution in [0.15, 0.2) is 84.9 Å². The van der Waals surface area contributed by atoms with Crippen LogP contribution in [0.1, 0.15) is 39.9 Å². The molecule has 0 aromatic heterocycles. The first kappa shape index (κ1) is 22.4. The van der Waals surface area contributed by atoms with Crippen molar-refractivity contribution in [1.82, 2.24) is 5.06 Å².